The van der Waals surface area contributed by atoms with Crippen LogP contribution in [-0.4, -0.2) is 47.8 Å². The predicted octanol–water partition coefficient (Wildman–Crippen LogP) is 2.14. The van der Waals surface area contributed by atoms with Crippen molar-refractivity contribution in [3.63, 3.8) is 0 Å². The number of nitrogens with zero attached hydrogens (tertiary/aromatic N) is 1. The summed E-state index contributed by atoms with van der Waals surface area (Å²) in [4.78, 5) is 14.2. The van der Waals surface area contributed by atoms with Crippen molar-refractivity contribution in [1.82, 2.24) is 15.5 Å². The van der Waals surface area contributed by atoms with E-state index in [4.69, 9.17) is 0 Å². The number of rotatable bonds is 7. The summed E-state index contributed by atoms with van der Waals surface area (Å²) in [5.41, 5.74) is 0.675. The fraction of sp³-hybridized carbons (Fsp3) is 0.588. The van der Waals surface area contributed by atoms with Crippen LogP contribution in [0.3, 0.4) is 0 Å². The van der Waals surface area contributed by atoms with Gasteiger partial charge in [-0.3, -0.25) is 4.90 Å². The zero-order chi connectivity index (χ0) is 16.8. The van der Waals surface area contributed by atoms with Crippen molar-refractivity contribution in [3.8, 4) is 0 Å². The number of likely N-dealkylation sites (N-methyl/N-ethyl adjacent to an activating group) is 1. The maximum atomic E-state index is 12.0. The number of nitrogens with one attached hydrogen (secondary N) is 2. The van der Waals surface area contributed by atoms with Gasteiger partial charge in [-0.15, -0.1) is 0 Å². The van der Waals surface area contributed by atoms with E-state index in [9.17, 15) is 9.90 Å². The van der Waals surface area contributed by atoms with Gasteiger partial charge in [0.15, 0.2) is 0 Å². The van der Waals surface area contributed by atoms with E-state index in [-0.39, 0.29) is 17.6 Å². The number of urea groups is 1. The van der Waals surface area contributed by atoms with Crippen LogP contribution < -0.4 is 10.6 Å². The Morgan fingerprint density at radius 2 is 1.91 bits per heavy atom. The van der Waals surface area contributed by atoms with E-state index in [2.05, 4.69) is 36.3 Å². The number of amides is 2. The third-order valence-corrected chi connectivity index (χ3v) is 4.16. The number of carbonyl (C=O) groups excluding carboxylic acids is 1. The van der Waals surface area contributed by atoms with Gasteiger partial charge >= 0.3 is 6.03 Å². The van der Waals surface area contributed by atoms with Crippen LogP contribution >= 0.6 is 0 Å². The molecule has 0 unspecified atom stereocenters. The Hall–Kier alpha value is -1.59. The minimum atomic E-state index is -0.724. The average molecular weight is 307 g/mol. The fourth-order valence-electron chi connectivity index (χ4n) is 2.14. The smallest absolute Gasteiger partial charge is 0.315 e. The summed E-state index contributed by atoms with van der Waals surface area (Å²) in [5.74, 6) is 0. The van der Waals surface area contributed by atoms with Crippen molar-refractivity contribution in [2.75, 3.05) is 20.1 Å². The topological polar surface area (TPSA) is 64.6 Å². The van der Waals surface area contributed by atoms with Crippen LogP contribution in [0.1, 0.15) is 39.4 Å². The second kappa shape index (κ2) is 8.15. The quantitative estimate of drug-likeness (QED) is 0.723. The van der Waals surface area contributed by atoms with Crippen LogP contribution in [0.25, 0.3) is 0 Å². The highest BCUT2D eigenvalue weighted by molar-refractivity contribution is 5.74. The van der Waals surface area contributed by atoms with Gasteiger partial charge in [0.2, 0.25) is 0 Å². The van der Waals surface area contributed by atoms with Gasteiger partial charge in [0.05, 0.1) is 12.1 Å². The molecule has 0 aliphatic heterocycles. The van der Waals surface area contributed by atoms with Gasteiger partial charge in [-0.05, 0) is 39.9 Å². The first-order chi connectivity index (χ1) is 10.3. The van der Waals surface area contributed by atoms with Gasteiger partial charge in [-0.25, -0.2) is 4.79 Å². The average Bonchev–Trinajstić information content (AvgIpc) is 2.52. The molecule has 0 fully saturated rings. The van der Waals surface area contributed by atoms with Crippen LogP contribution in [0.15, 0.2) is 30.3 Å². The fourth-order valence-corrected chi connectivity index (χ4v) is 2.14. The molecule has 0 heterocycles. The van der Waals surface area contributed by atoms with Crippen LogP contribution in [0.4, 0.5) is 4.79 Å². The Labute approximate surface area is 133 Å². The third kappa shape index (κ3) is 5.31. The number of benzene rings is 1. The Balaban J connectivity index is 2.48. The molecule has 0 spiro atoms. The summed E-state index contributed by atoms with van der Waals surface area (Å²) in [5, 5.41) is 15.9. The Kier molecular flexibility index (Phi) is 6.84. The molecule has 0 saturated carbocycles. The maximum Gasteiger partial charge on any atom is 0.315 e. The molecular weight excluding hydrogens is 278 g/mol. The molecule has 0 aromatic heterocycles. The summed E-state index contributed by atoms with van der Waals surface area (Å²) in [6, 6.07) is 8.70. The molecule has 0 saturated heterocycles. The molecule has 5 heteroatoms. The van der Waals surface area contributed by atoms with Crippen LogP contribution in [0.2, 0.25) is 0 Å². The van der Waals surface area contributed by atoms with E-state index >= 15 is 0 Å². The molecule has 3 N–H and O–H groups in total. The van der Waals surface area contributed by atoms with E-state index in [0.717, 1.165) is 12.1 Å². The summed E-state index contributed by atoms with van der Waals surface area (Å²) in [7, 11) is 2.03. The van der Waals surface area contributed by atoms with E-state index in [1.54, 1.807) is 6.92 Å². The molecule has 1 aromatic carbocycles. The summed E-state index contributed by atoms with van der Waals surface area (Å²) in [6.07, 6.45) is -0.724. The van der Waals surface area contributed by atoms with Crippen molar-refractivity contribution in [2.24, 2.45) is 0 Å². The van der Waals surface area contributed by atoms with Gasteiger partial charge in [0.1, 0.15) is 0 Å². The molecule has 22 heavy (non-hydrogen) atoms. The normalized spacial score (nSPS) is 14.5. The highest BCUT2D eigenvalue weighted by Gasteiger charge is 2.24. The molecule has 0 aliphatic carbocycles. The first-order valence-corrected chi connectivity index (χ1v) is 7.76. The molecule has 1 rings (SSSR count). The number of carbonyl (C=O) groups is 1. The molecule has 0 aliphatic rings. The van der Waals surface area contributed by atoms with Crippen molar-refractivity contribution < 1.29 is 9.90 Å². The molecule has 5 nitrogen and oxygen atoms in total. The second-order valence-corrected chi connectivity index (χ2v) is 6.30. The molecule has 2 atom stereocenters. The second-order valence-electron chi connectivity index (χ2n) is 6.30. The zero-order valence-electron chi connectivity index (χ0n) is 14.3. The summed E-state index contributed by atoms with van der Waals surface area (Å²) >= 11 is 0. The maximum absolute atomic E-state index is 12.0. The largest absolute Gasteiger partial charge is 0.386 e. The lowest BCUT2D eigenvalue weighted by atomic mass is 10.0. The standard InChI is InChI=1S/C17H29N3O2/c1-6-20(5)17(3,4)12-18-16(22)19-13(2)15(21)14-10-8-7-9-11-14/h7-11,13,15,21H,6,12H2,1-5H3,(H2,18,19,22)/t13-,15-/m0/s1. The SMILES string of the molecule is CCN(C)C(C)(C)CNC(=O)N[C@@H](C)[C@H](O)c1ccccc1. The van der Waals surface area contributed by atoms with Gasteiger partial charge in [0, 0.05) is 12.1 Å². The first kappa shape index (κ1) is 18.5. The van der Waals surface area contributed by atoms with Gasteiger partial charge < -0.3 is 15.7 Å². The Morgan fingerprint density at radius 1 is 1.32 bits per heavy atom. The highest BCUT2D eigenvalue weighted by Crippen LogP contribution is 2.16. The molecule has 124 valence electrons. The lowest BCUT2D eigenvalue weighted by Crippen LogP contribution is -2.53. The molecule has 2 amide bonds. The molecular formula is C17H29N3O2. The van der Waals surface area contributed by atoms with E-state index in [1.165, 1.54) is 0 Å². The van der Waals surface area contributed by atoms with Crippen molar-refractivity contribution in [3.05, 3.63) is 35.9 Å². The van der Waals surface area contributed by atoms with Gasteiger partial charge in [0.25, 0.3) is 0 Å². The summed E-state index contributed by atoms with van der Waals surface area (Å²) in [6.45, 7) is 9.50. The lowest BCUT2D eigenvalue weighted by molar-refractivity contribution is 0.134. The predicted molar refractivity (Wildman–Crippen MR) is 89.8 cm³/mol. The van der Waals surface area contributed by atoms with Crippen molar-refractivity contribution in [2.45, 2.75) is 45.4 Å². The Morgan fingerprint density at radius 3 is 2.45 bits per heavy atom. The molecule has 0 bridgehead atoms. The van der Waals surface area contributed by atoms with Crippen LogP contribution in [-0.2, 0) is 0 Å². The zero-order valence-corrected chi connectivity index (χ0v) is 14.3. The number of aliphatic hydroxyl groups is 1. The van der Waals surface area contributed by atoms with E-state index in [1.807, 2.05) is 37.4 Å². The molecule has 1 aromatic rings. The van der Waals surface area contributed by atoms with Gasteiger partial charge in [-0.2, -0.15) is 0 Å². The van der Waals surface area contributed by atoms with Crippen LogP contribution in [0.5, 0.6) is 0 Å². The summed E-state index contributed by atoms with van der Waals surface area (Å²) < 4.78 is 0. The monoisotopic (exact) mass is 307 g/mol. The number of hydrogen-bond acceptors (Lipinski definition) is 3. The third-order valence-electron chi connectivity index (χ3n) is 4.16. The van der Waals surface area contributed by atoms with E-state index in [0.29, 0.717) is 6.54 Å². The number of aliphatic hydroxyl groups excluding tert-OH is 1. The minimum absolute atomic E-state index is 0.118. The lowest BCUT2D eigenvalue weighted by Gasteiger charge is -2.35. The van der Waals surface area contributed by atoms with Crippen molar-refractivity contribution >= 4 is 6.03 Å². The molecule has 0 radical (unpaired) electrons. The number of hydrogen-bond donors (Lipinski definition) is 3. The van der Waals surface area contributed by atoms with E-state index < -0.39 is 6.10 Å². The van der Waals surface area contributed by atoms with Crippen LogP contribution in [0, 0.1) is 0 Å². The highest BCUT2D eigenvalue weighted by atomic mass is 16.3. The first-order valence-electron chi connectivity index (χ1n) is 7.76. The Bertz CT molecular complexity index is 462. The van der Waals surface area contributed by atoms with Crippen molar-refractivity contribution in [1.29, 1.82) is 0 Å². The van der Waals surface area contributed by atoms with Gasteiger partial charge in [-0.1, -0.05) is 37.3 Å². The minimum Gasteiger partial charge on any atom is -0.386 e.